The molecule has 0 saturated carbocycles. The van der Waals surface area contributed by atoms with Gasteiger partial charge in [0, 0.05) is 17.4 Å². The van der Waals surface area contributed by atoms with Crippen molar-refractivity contribution in [2.75, 3.05) is 0 Å². The number of pyridine rings is 1. The Hall–Kier alpha value is -1.30. The summed E-state index contributed by atoms with van der Waals surface area (Å²) in [5.41, 5.74) is 2.99. The lowest BCUT2D eigenvalue weighted by molar-refractivity contribution is -0.0411. The minimum absolute atomic E-state index is 0.151. The van der Waals surface area contributed by atoms with E-state index >= 15 is 0 Å². The smallest absolute Gasteiger partial charge is 0.150 e. The number of thiophene rings is 1. The van der Waals surface area contributed by atoms with Gasteiger partial charge >= 0.3 is 0 Å². The van der Waals surface area contributed by atoms with Crippen molar-refractivity contribution in [3.63, 3.8) is 0 Å². The van der Waals surface area contributed by atoms with Crippen molar-refractivity contribution < 1.29 is 4.74 Å². The molecule has 0 unspecified atom stereocenters. The van der Waals surface area contributed by atoms with Gasteiger partial charge < -0.3 is 4.74 Å². The van der Waals surface area contributed by atoms with E-state index in [-0.39, 0.29) is 5.60 Å². The Kier molecular flexibility index (Phi) is 2.55. The molecule has 0 spiro atoms. The second kappa shape index (κ2) is 4.10. The molecule has 1 aliphatic rings. The van der Waals surface area contributed by atoms with E-state index < -0.39 is 0 Å². The van der Waals surface area contributed by atoms with Crippen LogP contribution in [0.4, 0.5) is 0 Å². The molecular formula is C14H12ClN3OS. The number of nitrogens with zero attached hydrogens (tertiary/aromatic N) is 3. The lowest BCUT2D eigenvalue weighted by Crippen LogP contribution is -2.32. The molecular weight excluding hydrogens is 294 g/mol. The molecule has 4 heterocycles. The molecule has 0 aromatic carbocycles. The lowest BCUT2D eigenvalue weighted by atomic mass is 9.95. The molecule has 0 atom stereocenters. The first-order valence-corrected chi connectivity index (χ1v) is 7.58. The van der Waals surface area contributed by atoms with Crippen LogP contribution in [0.5, 0.6) is 0 Å². The van der Waals surface area contributed by atoms with Gasteiger partial charge in [0.15, 0.2) is 0 Å². The zero-order chi connectivity index (χ0) is 13.9. The molecule has 0 radical (unpaired) electrons. The lowest BCUT2D eigenvalue weighted by Gasteiger charge is -2.30. The maximum atomic E-state index is 6.14. The Bertz CT molecular complexity index is 843. The summed E-state index contributed by atoms with van der Waals surface area (Å²) in [5.74, 6) is 0. The van der Waals surface area contributed by atoms with Gasteiger partial charge in [0.1, 0.15) is 16.3 Å². The molecule has 0 bridgehead atoms. The average molecular weight is 306 g/mol. The fourth-order valence-corrected chi connectivity index (χ4v) is 3.82. The van der Waals surface area contributed by atoms with Gasteiger partial charge in [0.2, 0.25) is 0 Å². The highest BCUT2D eigenvalue weighted by Gasteiger charge is 2.28. The molecule has 1 aliphatic heterocycles. The summed E-state index contributed by atoms with van der Waals surface area (Å²) in [4.78, 5) is 14.2. The summed E-state index contributed by atoms with van der Waals surface area (Å²) in [6, 6.07) is 2.13. The molecule has 4 rings (SSSR count). The van der Waals surface area contributed by atoms with Crippen molar-refractivity contribution in [3.8, 4) is 0 Å². The van der Waals surface area contributed by atoms with Crippen molar-refractivity contribution >= 4 is 43.4 Å². The van der Waals surface area contributed by atoms with Crippen molar-refractivity contribution in [1.29, 1.82) is 0 Å². The summed E-state index contributed by atoms with van der Waals surface area (Å²) in [6.45, 7) is 4.78. The Labute approximate surface area is 124 Å². The van der Waals surface area contributed by atoms with E-state index in [1.165, 1.54) is 6.33 Å². The van der Waals surface area contributed by atoms with Gasteiger partial charge in [-0.25, -0.2) is 15.0 Å². The molecule has 0 saturated heterocycles. The first-order valence-electron chi connectivity index (χ1n) is 6.39. The number of aromatic nitrogens is 3. The van der Waals surface area contributed by atoms with Crippen LogP contribution in [-0.2, 0) is 17.8 Å². The average Bonchev–Trinajstić information content (AvgIpc) is 2.75. The first-order chi connectivity index (χ1) is 9.53. The maximum absolute atomic E-state index is 6.14. The third-order valence-electron chi connectivity index (χ3n) is 3.58. The summed E-state index contributed by atoms with van der Waals surface area (Å²) in [7, 11) is 0. The van der Waals surface area contributed by atoms with Crippen LogP contribution in [0, 0.1) is 0 Å². The van der Waals surface area contributed by atoms with Crippen LogP contribution in [0.3, 0.4) is 0 Å². The highest BCUT2D eigenvalue weighted by atomic mass is 35.5. The van der Waals surface area contributed by atoms with Crippen molar-refractivity contribution in [3.05, 3.63) is 28.8 Å². The third-order valence-corrected chi connectivity index (χ3v) is 5.08. The zero-order valence-corrected chi connectivity index (χ0v) is 12.7. The van der Waals surface area contributed by atoms with Gasteiger partial charge in [-0.3, -0.25) is 0 Å². The fraction of sp³-hybridized carbons (Fsp3) is 0.357. The number of ether oxygens (including phenoxy) is 1. The zero-order valence-electron chi connectivity index (χ0n) is 11.1. The normalized spacial score (nSPS) is 17.6. The third kappa shape index (κ3) is 1.81. The van der Waals surface area contributed by atoms with E-state index in [9.17, 15) is 0 Å². The van der Waals surface area contributed by atoms with E-state index in [2.05, 4.69) is 29.9 Å². The van der Waals surface area contributed by atoms with Crippen LogP contribution in [0.15, 0.2) is 12.4 Å². The second-order valence-corrected chi connectivity index (χ2v) is 6.97. The van der Waals surface area contributed by atoms with Gasteiger partial charge in [-0.15, -0.1) is 11.3 Å². The summed E-state index contributed by atoms with van der Waals surface area (Å²) < 4.78 is 6.76. The van der Waals surface area contributed by atoms with Crippen LogP contribution in [0.25, 0.3) is 20.4 Å². The van der Waals surface area contributed by atoms with Gasteiger partial charge in [-0.1, -0.05) is 11.6 Å². The number of hydrogen-bond donors (Lipinski definition) is 0. The SMILES string of the molecule is CC1(C)Cc2nc3sc4c(Cl)ncnc4c3cc2CO1. The van der Waals surface area contributed by atoms with Gasteiger partial charge in [-0.05, 0) is 19.9 Å². The molecule has 3 aromatic rings. The molecule has 3 aromatic heterocycles. The second-order valence-electron chi connectivity index (χ2n) is 5.62. The topological polar surface area (TPSA) is 47.9 Å². The van der Waals surface area contributed by atoms with E-state index in [4.69, 9.17) is 21.3 Å². The largest absolute Gasteiger partial charge is 0.370 e. The van der Waals surface area contributed by atoms with Crippen molar-refractivity contribution in [1.82, 2.24) is 15.0 Å². The Morgan fingerprint density at radius 2 is 2.20 bits per heavy atom. The molecule has 0 N–H and O–H groups in total. The van der Waals surface area contributed by atoms with Gasteiger partial charge in [-0.2, -0.15) is 0 Å². The first kappa shape index (κ1) is 12.4. The number of hydrogen-bond acceptors (Lipinski definition) is 5. The van der Waals surface area contributed by atoms with E-state index in [1.807, 2.05) is 0 Å². The molecule has 4 nitrogen and oxygen atoms in total. The van der Waals surface area contributed by atoms with Crippen LogP contribution < -0.4 is 0 Å². The predicted molar refractivity (Wildman–Crippen MR) is 80.3 cm³/mol. The summed E-state index contributed by atoms with van der Waals surface area (Å²) >= 11 is 7.69. The van der Waals surface area contributed by atoms with Gasteiger partial charge in [0.05, 0.1) is 28.1 Å². The number of fused-ring (bicyclic) bond motifs is 4. The quantitative estimate of drug-likeness (QED) is 0.594. The monoisotopic (exact) mass is 305 g/mol. The van der Waals surface area contributed by atoms with Crippen LogP contribution in [-0.4, -0.2) is 20.6 Å². The minimum atomic E-state index is -0.151. The highest BCUT2D eigenvalue weighted by Crippen LogP contribution is 2.37. The maximum Gasteiger partial charge on any atom is 0.150 e. The minimum Gasteiger partial charge on any atom is -0.370 e. The molecule has 6 heteroatoms. The molecule has 0 fully saturated rings. The molecule has 20 heavy (non-hydrogen) atoms. The van der Waals surface area contributed by atoms with E-state index in [0.717, 1.165) is 38.1 Å². The molecule has 102 valence electrons. The van der Waals surface area contributed by atoms with Crippen molar-refractivity contribution in [2.24, 2.45) is 0 Å². The Morgan fingerprint density at radius 1 is 1.35 bits per heavy atom. The van der Waals surface area contributed by atoms with Gasteiger partial charge in [0.25, 0.3) is 0 Å². The Morgan fingerprint density at radius 3 is 3.05 bits per heavy atom. The molecule has 0 aliphatic carbocycles. The fourth-order valence-electron chi connectivity index (χ4n) is 2.56. The van der Waals surface area contributed by atoms with E-state index in [0.29, 0.717) is 11.8 Å². The standard InChI is InChI=1S/C14H12ClN3OS/c1-14(2)4-9-7(5-19-14)3-8-10-11(20-13(8)18-9)12(15)17-6-16-10/h3,6H,4-5H2,1-2H3. The number of halogens is 1. The van der Waals surface area contributed by atoms with E-state index in [1.54, 1.807) is 11.3 Å². The predicted octanol–water partition coefficient (Wildman–Crippen LogP) is 3.74. The van der Waals surface area contributed by atoms with Crippen LogP contribution in [0.2, 0.25) is 5.15 Å². The molecule has 0 amide bonds. The highest BCUT2D eigenvalue weighted by molar-refractivity contribution is 7.25. The summed E-state index contributed by atoms with van der Waals surface area (Å²) in [6.07, 6.45) is 2.32. The summed E-state index contributed by atoms with van der Waals surface area (Å²) in [5, 5.41) is 1.53. The van der Waals surface area contributed by atoms with Crippen LogP contribution in [0.1, 0.15) is 25.1 Å². The van der Waals surface area contributed by atoms with Crippen molar-refractivity contribution in [2.45, 2.75) is 32.5 Å². The Balaban J connectivity index is 2.02. The van der Waals surface area contributed by atoms with Crippen LogP contribution >= 0.6 is 22.9 Å². The number of rotatable bonds is 0.